The Hall–Kier alpha value is -1.43. The predicted molar refractivity (Wildman–Crippen MR) is 55.1 cm³/mol. The highest BCUT2D eigenvalue weighted by molar-refractivity contribution is 5.68. The molecule has 2 N–H and O–H groups in total. The number of aromatic nitrogens is 3. The van der Waals surface area contributed by atoms with Gasteiger partial charge in [0.2, 0.25) is 0 Å². The molecule has 0 unspecified atom stereocenters. The average Bonchev–Trinajstić information content (AvgIpc) is 2.67. The van der Waals surface area contributed by atoms with Gasteiger partial charge in [-0.2, -0.15) is 5.10 Å². The van der Waals surface area contributed by atoms with E-state index >= 15 is 0 Å². The smallest absolute Gasteiger partial charge is 0.311 e. The van der Waals surface area contributed by atoms with E-state index < -0.39 is 5.97 Å². The van der Waals surface area contributed by atoms with Gasteiger partial charge in [0.05, 0.1) is 0 Å². The van der Waals surface area contributed by atoms with Crippen LogP contribution in [0.2, 0.25) is 0 Å². The third kappa shape index (κ3) is 2.21. The third-order valence-corrected chi connectivity index (χ3v) is 2.99. The number of nitrogens with one attached hydrogen (secondary N) is 1. The van der Waals surface area contributed by atoms with Gasteiger partial charge >= 0.3 is 5.97 Å². The fourth-order valence-electron chi connectivity index (χ4n) is 1.83. The molecule has 16 heavy (non-hydrogen) atoms. The molecule has 1 aromatic heterocycles. The number of nitrogens with zero attached hydrogens (tertiary/aromatic N) is 2. The summed E-state index contributed by atoms with van der Waals surface area (Å²) in [7, 11) is 0. The Morgan fingerprint density at radius 3 is 2.88 bits per heavy atom. The Bertz CT molecular complexity index is 382. The van der Waals surface area contributed by atoms with Gasteiger partial charge in [0.25, 0.3) is 0 Å². The molecular formula is C10H15N3O3. The largest absolute Gasteiger partial charge is 0.481 e. The van der Waals surface area contributed by atoms with Gasteiger partial charge < -0.3 is 9.84 Å². The molecule has 0 atom stereocenters. The molecule has 88 valence electrons. The van der Waals surface area contributed by atoms with Crippen molar-refractivity contribution < 1.29 is 14.6 Å². The fraction of sp³-hybridized carbons (Fsp3) is 0.700. The first-order valence-electron chi connectivity index (χ1n) is 5.31. The highest BCUT2D eigenvalue weighted by atomic mass is 16.5. The van der Waals surface area contributed by atoms with Gasteiger partial charge in [-0.1, -0.05) is 6.92 Å². The van der Waals surface area contributed by atoms with Crippen LogP contribution in [-0.2, 0) is 21.4 Å². The van der Waals surface area contributed by atoms with Gasteiger partial charge in [-0.15, -0.1) is 0 Å². The molecule has 0 radical (unpaired) electrons. The van der Waals surface area contributed by atoms with E-state index in [0.29, 0.717) is 24.9 Å². The molecule has 0 amide bonds. The summed E-state index contributed by atoms with van der Waals surface area (Å²) >= 11 is 0. The van der Waals surface area contributed by atoms with Crippen molar-refractivity contribution in [2.24, 2.45) is 0 Å². The zero-order chi connectivity index (χ0) is 11.6. The first-order valence-corrected chi connectivity index (χ1v) is 5.31. The molecule has 2 rings (SSSR count). The van der Waals surface area contributed by atoms with Crippen molar-refractivity contribution in [3.8, 4) is 0 Å². The number of hydrogen-bond donors (Lipinski definition) is 2. The standard InChI is InChI=1S/C10H15N3O3/c1-10(2-4-16-5-3-10)9-11-7(12-13-9)6-8(14)15/h2-6H2,1H3,(H,14,15)(H,11,12,13). The molecule has 0 aromatic carbocycles. The fourth-order valence-corrected chi connectivity index (χ4v) is 1.83. The van der Waals surface area contributed by atoms with Gasteiger partial charge in [-0.05, 0) is 12.8 Å². The number of carboxylic acids is 1. The van der Waals surface area contributed by atoms with Crippen molar-refractivity contribution >= 4 is 5.97 Å². The molecule has 0 spiro atoms. The highest BCUT2D eigenvalue weighted by Crippen LogP contribution is 2.31. The van der Waals surface area contributed by atoms with E-state index in [2.05, 4.69) is 22.1 Å². The number of H-pyrrole nitrogens is 1. The average molecular weight is 225 g/mol. The maximum absolute atomic E-state index is 10.5. The number of carboxylic acid groups (broad SMARTS) is 1. The molecule has 0 bridgehead atoms. The second-order valence-corrected chi connectivity index (χ2v) is 4.35. The van der Waals surface area contributed by atoms with Gasteiger partial charge in [0.15, 0.2) is 5.82 Å². The zero-order valence-electron chi connectivity index (χ0n) is 9.19. The third-order valence-electron chi connectivity index (χ3n) is 2.99. The van der Waals surface area contributed by atoms with Crippen LogP contribution in [0.15, 0.2) is 0 Å². The van der Waals surface area contributed by atoms with Crippen LogP contribution in [0.1, 0.15) is 31.4 Å². The van der Waals surface area contributed by atoms with Crippen LogP contribution in [0.5, 0.6) is 0 Å². The Morgan fingerprint density at radius 1 is 1.56 bits per heavy atom. The van der Waals surface area contributed by atoms with Crippen LogP contribution in [0.3, 0.4) is 0 Å². The maximum atomic E-state index is 10.5. The van der Waals surface area contributed by atoms with Crippen LogP contribution in [-0.4, -0.2) is 39.5 Å². The lowest BCUT2D eigenvalue weighted by Crippen LogP contribution is -2.31. The van der Waals surface area contributed by atoms with Crippen molar-refractivity contribution in [3.05, 3.63) is 11.6 Å². The van der Waals surface area contributed by atoms with Crippen molar-refractivity contribution in [1.82, 2.24) is 15.2 Å². The van der Waals surface area contributed by atoms with Gasteiger partial charge in [-0.3, -0.25) is 9.89 Å². The molecule has 2 heterocycles. The Morgan fingerprint density at radius 2 is 2.25 bits per heavy atom. The molecule has 1 fully saturated rings. The topological polar surface area (TPSA) is 88.1 Å². The summed E-state index contributed by atoms with van der Waals surface area (Å²) in [6.07, 6.45) is 1.63. The van der Waals surface area contributed by atoms with Gasteiger partial charge in [0.1, 0.15) is 12.2 Å². The summed E-state index contributed by atoms with van der Waals surface area (Å²) in [5, 5.41) is 15.4. The second kappa shape index (κ2) is 4.21. The van der Waals surface area contributed by atoms with Crippen molar-refractivity contribution in [1.29, 1.82) is 0 Å². The Labute approximate surface area is 93.0 Å². The van der Waals surface area contributed by atoms with Gasteiger partial charge in [0, 0.05) is 18.6 Å². The maximum Gasteiger partial charge on any atom is 0.311 e. The quantitative estimate of drug-likeness (QED) is 0.782. The molecule has 6 heteroatoms. The van der Waals surface area contributed by atoms with Crippen LogP contribution in [0.4, 0.5) is 0 Å². The van der Waals surface area contributed by atoms with E-state index in [0.717, 1.165) is 12.8 Å². The number of aromatic amines is 1. The summed E-state index contributed by atoms with van der Waals surface area (Å²) in [4.78, 5) is 14.8. The number of ether oxygens (including phenoxy) is 1. The minimum atomic E-state index is -0.903. The van der Waals surface area contributed by atoms with E-state index in [1.54, 1.807) is 0 Å². The van der Waals surface area contributed by atoms with E-state index in [1.165, 1.54) is 0 Å². The molecule has 1 saturated heterocycles. The summed E-state index contributed by atoms with van der Waals surface area (Å²) in [6, 6.07) is 0. The van der Waals surface area contributed by atoms with E-state index in [1.807, 2.05) is 0 Å². The number of hydrogen-bond acceptors (Lipinski definition) is 4. The Balaban J connectivity index is 2.13. The minimum Gasteiger partial charge on any atom is -0.481 e. The number of carbonyl (C=O) groups is 1. The van der Waals surface area contributed by atoms with Crippen molar-refractivity contribution in [3.63, 3.8) is 0 Å². The summed E-state index contributed by atoms with van der Waals surface area (Å²) in [5.41, 5.74) is -0.0918. The molecule has 1 aliphatic heterocycles. The van der Waals surface area contributed by atoms with E-state index in [9.17, 15) is 4.79 Å². The number of rotatable bonds is 3. The lowest BCUT2D eigenvalue weighted by molar-refractivity contribution is -0.136. The SMILES string of the molecule is CC1(c2n[nH]c(CC(=O)O)n2)CCOCC1. The summed E-state index contributed by atoms with van der Waals surface area (Å²) in [5.74, 6) is 0.210. The first kappa shape index (κ1) is 11.1. The lowest BCUT2D eigenvalue weighted by Gasteiger charge is -2.30. The van der Waals surface area contributed by atoms with Crippen LogP contribution in [0, 0.1) is 0 Å². The molecule has 0 saturated carbocycles. The monoisotopic (exact) mass is 225 g/mol. The first-order chi connectivity index (χ1) is 7.60. The molecule has 6 nitrogen and oxygen atoms in total. The zero-order valence-corrected chi connectivity index (χ0v) is 9.19. The van der Waals surface area contributed by atoms with E-state index in [4.69, 9.17) is 9.84 Å². The van der Waals surface area contributed by atoms with Crippen molar-refractivity contribution in [2.75, 3.05) is 13.2 Å². The number of aliphatic carboxylic acids is 1. The molecule has 1 aliphatic rings. The molecule has 0 aliphatic carbocycles. The Kier molecular flexibility index (Phi) is 2.91. The van der Waals surface area contributed by atoms with Crippen molar-refractivity contribution in [2.45, 2.75) is 31.6 Å². The summed E-state index contributed by atoms with van der Waals surface area (Å²) in [6.45, 7) is 3.50. The predicted octanol–water partition coefficient (Wildman–Crippen LogP) is 0.500. The second-order valence-electron chi connectivity index (χ2n) is 4.35. The van der Waals surface area contributed by atoms with Crippen LogP contribution in [0.25, 0.3) is 0 Å². The van der Waals surface area contributed by atoms with E-state index in [-0.39, 0.29) is 11.8 Å². The summed E-state index contributed by atoms with van der Waals surface area (Å²) < 4.78 is 5.30. The van der Waals surface area contributed by atoms with Crippen LogP contribution < -0.4 is 0 Å². The molecular weight excluding hydrogens is 210 g/mol. The van der Waals surface area contributed by atoms with Gasteiger partial charge in [-0.25, -0.2) is 4.98 Å². The minimum absolute atomic E-state index is 0.0918. The lowest BCUT2D eigenvalue weighted by atomic mass is 9.82. The molecule has 1 aromatic rings. The normalized spacial score (nSPS) is 19.6. The highest BCUT2D eigenvalue weighted by Gasteiger charge is 2.33. The van der Waals surface area contributed by atoms with Crippen LogP contribution >= 0.6 is 0 Å².